The molecule has 2 rings (SSSR count). The van der Waals surface area contributed by atoms with E-state index in [1.807, 2.05) is 0 Å². The number of nitrogens with one attached hydrogen (secondary N) is 1. The molecule has 2 aromatic carbocycles. The Kier molecular flexibility index (Phi) is 5.04. The van der Waals surface area contributed by atoms with E-state index in [1.165, 1.54) is 55.1 Å². The van der Waals surface area contributed by atoms with Gasteiger partial charge in [0.05, 0.1) is 9.79 Å². The zero-order valence-electron chi connectivity index (χ0n) is 13.6. The van der Waals surface area contributed by atoms with Crippen LogP contribution in [-0.2, 0) is 19.4 Å². The van der Waals surface area contributed by atoms with Crippen molar-refractivity contribution in [2.45, 2.75) is 23.6 Å². The van der Waals surface area contributed by atoms with Crippen LogP contribution in [0.5, 0.6) is 0 Å². The van der Waals surface area contributed by atoms with Crippen LogP contribution in [0, 0.1) is 0 Å². The molecule has 0 aromatic heterocycles. The third kappa shape index (κ3) is 3.80. The highest BCUT2D eigenvalue weighted by atomic mass is 32.2. The first-order valence-corrected chi connectivity index (χ1v) is 8.67. The van der Waals surface area contributed by atoms with Gasteiger partial charge in [0.1, 0.15) is 0 Å². The van der Waals surface area contributed by atoms with Crippen molar-refractivity contribution >= 4 is 33.0 Å². The molecule has 126 valence electrons. The lowest BCUT2D eigenvalue weighted by atomic mass is 10.3. The first kappa shape index (κ1) is 17.7. The van der Waals surface area contributed by atoms with E-state index in [0.29, 0.717) is 11.4 Å². The fourth-order valence-electron chi connectivity index (χ4n) is 2.09. The number of anilines is 2. The predicted octanol–water partition coefficient (Wildman–Crippen LogP) is 2.46. The number of nitrogens with zero attached hydrogens (tertiary/aromatic N) is 1. The summed E-state index contributed by atoms with van der Waals surface area (Å²) in [6.45, 7) is 2.81. The van der Waals surface area contributed by atoms with Crippen LogP contribution in [0.1, 0.15) is 13.8 Å². The van der Waals surface area contributed by atoms with E-state index in [9.17, 15) is 18.0 Å². The molecule has 0 saturated carbocycles. The van der Waals surface area contributed by atoms with Gasteiger partial charge in [-0.3, -0.25) is 9.59 Å². The summed E-state index contributed by atoms with van der Waals surface area (Å²) in [5.41, 5.74) is 1.14. The minimum absolute atomic E-state index is 0.129. The summed E-state index contributed by atoms with van der Waals surface area (Å²) in [7, 11) is -2.05. The molecule has 1 N–H and O–H groups in total. The molecule has 0 aliphatic carbocycles. The van der Waals surface area contributed by atoms with Gasteiger partial charge in [-0.1, -0.05) is 0 Å². The van der Waals surface area contributed by atoms with Gasteiger partial charge in [0.25, 0.3) is 0 Å². The van der Waals surface area contributed by atoms with Gasteiger partial charge in [0, 0.05) is 32.3 Å². The number of hydrogen-bond donors (Lipinski definition) is 1. The molecule has 0 saturated heterocycles. The predicted molar refractivity (Wildman–Crippen MR) is 91.7 cm³/mol. The van der Waals surface area contributed by atoms with Crippen LogP contribution in [0.3, 0.4) is 0 Å². The molecule has 0 aliphatic rings. The molecule has 0 heterocycles. The fraction of sp³-hybridized carbons (Fsp3) is 0.176. The van der Waals surface area contributed by atoms with E-state index in [4.69, 9.17) is 0 Å². The highest BCUT2D eigenvalue weighted by Gasteiger charge is 2.18. The number of hydrogen-bond acceptors (Lipinski definition) is 4. The molecule has 0 fully saturated rings. The second kappa shape index (κ2) is 6.84. The molecule has 0 radical (unpaired) electrons. The van der Waals surface area contributed by atoms with Crippen molar-refractivity contribution in [3.8, 4) is 0 Å². The van der Waals surface area contributed by atoms with Gasteiger partial charge >= 0.3 is 0 Å². The molecule has 2 aromatic rings. The Bertz CT molecular complexity index is 856. The summed E-state index contributed by atoms with van der Waals surface area (Å²) < 4.78 is 25.2. The van der Waals surface area contributed by atoms with Crippen molar-refractivity contribution in [1.82, 2.24) is 0 Å². The summed E-state index contributed by atoms with van der Waals surface area (Å²) >= 11 is 0. The van der Waals surface area contributed by atoms with Crippen LogP contribution in [-0.4, -0.2) is 27.3 Å². The van der Waals surface area contributed by atoms with Gasteiger partial charge in [-0.2, -0.15) is 0 Å². The maximum absolute atomic E-state index is 12.6. The van der Waals surface area contributed by atoms with Crippen molar-refractivity contribution in [2.24, 2.45) is 0 Å². The Balaban J connectivity index is 2.30. The highest BCUT2D eigenvalue weighted by Crippen LogP contribution is 2.24. The first-order valence-electron chi connectivity index (χ1n) is 7.19. The Labute approximate surface area is 141 Å². The second-order valence-corrected chi connectivity index (χ2v) is 7.23. The Morgan fingerprint density at radius 2 is 1.33 bits per heavy atom. The van der Waals surface area contributed by atoms with E-state index in [2.05, 4.69) is 5.32 Å². The zero-order chi connectivity index (χ0) is 17.9. The summed E-state index contributed by atoms with van der Waals surface area (Å²) in [4.78, 5) is 24.0. The number of amides is 2. The lowest BCUT2D eigenvalue weighted by molar-refractivity contribution is -0.116. The molecular weight excluding hydrogens is 328 g/mol. The molecule has 7 heteroatoms. The largest absolute Gasteiger partial charge is 0.326 e. The molecular formula is C17H18N2O4S. The molecule has 2 amide bonds. The van der Waals surface area contributed by atoms with Crippen molar-refractivity contribution in [3.05, 3.63) is 48.5 Å². The molecule has 0 aliphatic heterocycles. The van der Waals surface area contributed by atoms with Crippen LogP contribution in [0.15, 0.2) is 58.3 Å². The Hall–Kier alpha value is -2.67. The monoisotopic (exact) mass is 346 g/mol. The number of sulfone groups is 1. The van der Waals surface area contributed by atoms with Crippen LogP contribution >= 0.6 is 0 Å². The first-order chi connectivity index (χ1) is 11.2. The van der Waals surface area contributed by atoms with Gasteiger partial charge < -0.3 is 10.2 Å². The average molecular weight is 346 g/mol. The lowest BCUT2D eigenvalue weighted by Gasteiger charge is -2.15. The summed E-state index contributed by atoms with van der Waals surface area (Å²) in [6, 6.07) is 12.0. The molecule has 0 atom stereocenters. The lowest BCUT2D eigenvalue weighted by Crippen LogP contribution is -2.22. The van der Waals surface area contributed by atoms with E-state index in [0.717, 1.165) is 0 Å². The van der Waals surface area contributed by atoms with Crippen LogP contribution in [0.25, 0.3) is 0 Å². The summed E-state index contributed by atoms with van der Waals surface area (Å²) in [5.74, 6) is -0.366. The van der Waals surface area contributed by atoms with Gasteiger partial charge in [-0.25, -0.2) is 8.42 Å². The van der Waals surface area contributed by atoms with Crippen molar-refractivity contribution in [1.29, 1.82) is 0 Å². The average Bonchev–Trinajstić information content (AvgIpc) is 2.54. The summed E-state index contributed by atoms with van der Waals surface area (Å²) in [5, 5.41) is 2.58. The van der Waals surface area contributed by atoms with Gasteiger partial charge in [0.15, 0.2) is 0 Å². The molecule has 6 nitrogen and oxygen atoms in total. The van der Waals surface area contributed by atoms with E-state index < -0.39 is 9.84 Å². The van der Waals surface area contributed by atoms with Gasteiger partial charge in [-0.15, -0.1) is 0 Å². The number of carbonyl (C=O) groups is 2. The maximum Gasteiger partial charge on any atom is 0.223 e. The van der Waals surface area contributed by atoms with E-state index in [-0.39, 0.29) is 21.6 Å². The SMILES string of the molecule is CC(=O)Nc1ccc(S(=O)(=O)c2ccc(N(C)C(C)=O)cc2)cc1. The third-order valence-electron chi connectivity index (χ3n) is 3.49. The fourth-order valence-corrected chi connectivity index (χ4v) is 3.35. The second-order valence-electron chi connectivity index (χ2n) is 5.28. The molecule has 24 heavy (non-hydrogen) atoms. The van der Waals surface area contributed by atoms with E-state index >= 15 is 0 Å². The van der Waals surface area contributed by atoms with Crippen LogP contribution in [0.4, 0.5) is 11.4 Å². The molecule has 0 spiro atoms. The standard InChI is InChI=1S/C17H18N2O4S/c1-12(20)18-14-4-8-16(9-5-14)24(22,23)17-10-6-15(7-11-17)19(3)13(2)21/h4-11H,1-3H3,(H,18,20). The van der Waals surface area contributed by atoms with Crippen molar-refractivity contribution < 1.29 is 18.0 Å². The molecule has 0 bridgehead atoms. The third-order valence-corrected chi connectivity index (χ3v) is 5.28. The summed E-state index contributed by atoms with van der Waals surface area (Å²) in [6.07, 6.45) is 0. The van der Waals surface area contributed by atoms with E-state index in [1.54, 1.807) is 19.2 Å². The van der Waals surface area contributed by atoms with Crippen LogP contribution < -0.4 is 10.2 Å². The zero-order valence-corrected chi connectivity index (χ0v) is 14.4. The maximum atomic E-state index is 12.6. The number of rotatable bonds is 4. The molecule has 0 unspecified atom stereocenters. The number of carbonyl (C=O) groups excluding carboxylic acids is 2. The van der Waals surface area contributed by atoms with Crippen molar-refractivity contribution in [3.63, 3.8) is 0 Å². The van der Waals surface area contributed by atoms with Crippen molar-refractivity contribution in [2.75, 3.05) is 17.3 Å². The Morgan fingerprint density at radius 1 is 0.875 bits per heavy atom. The highest BCUT2D eigenvalue weighted by molar-refractivity contribution is 7.91. The minimum Gasteiger partial charge on any atom is -0.326 e. The smallest absolute Gasteiger partial charge is 0.223 e. The number of benzene rings is 2. The minimum atomic E-state index is -3.66. The quantitative estimate of drug-likeness (QED) is 0.922. The normalized spacial score (nSPS) is 11.0. The topological polar surface area (TPSA) is 83.6 Å². The van der Waals surface area contributed by atoms with Gasteiger partial charge in [-0.05, 0) is 48.5 Å². The van der Waals surface area contributed by atoms with Crippen LogP contribution in [0.2, 0.25) is 0 Å². The Morgan fingerprint density at radius 3 is 1.75 bits per heavy atom. The van der Waals surface area contributed by atoms with Gasteiger partial charge in [0.2, 0.25) is 21.7 Å².